The lowest BCUT2D eigenvalue weighted by atomic mass is 10.1. The van der Waals surface area contributed by atoms with Gasteiger partial charge in [0.1, 0.15) is 0 Å². The highest BCUT2D eigenvalue weighted by molar-refractivity contribution is 14.0. The Kier molecular flexibility index (Phi) is 15.0. The quantitative estimate of drug-likeness (QED) is 0.231. The average molecular weight is 453 g/mol. The molecule has 1 rings (SSSR count). The number of ether oxygens (including phenoxy) is 1. The van der Waals surface area contributed by atoms with Gasteiger partial charge in [-0.1, -0.05) is 26.3 Å². The molecule has 1 unspecified atom stereocenters. The van der Waals surface area contributed by atoms with Crippen molar-refractivity contribution in [3.05, 3.63) is 22.4 Å². The summed E-state index contributed by atoms with van der Waals surface area (Å²) in [5.41, 5.74) is 0. The molecule has 0 saturated heterocycles. The van der Waals surface area contributed by atoms with Crippen LogP contribution in [0.5, 0.6) is 0 Å². The number of guanidine groups is 1. The Morgan fingerprint density at radius 2 is 2.09 bits per heavy atom. The van der Waals surface area contributed by atoms with Gasteiger partial charge in [-0.2, -0.15) is 0 Å². The highest BCUT2D eigenvalue weighted by atomic mass is 127. The van der Waals surface area contributed by atoms with Crippen LogP contribution in [0, 0.1) is 5.92 Å². The summed E-state index contributed by atoms with van der Waals surface area (Å²) in [6.45, 7) is 7.97. The van der Waals surface area contributed by atoms with Gasteiger partial charge >= 0.3 is 0 Å². The van der Waals surface area contributed by atoms with E-state index in [4.69, 9.17) is 4.74 Å². The number of hydrogen-bond donors (Lipinski definition) is 2. The zero-order valence-corrected chi connectivity index (χ0v) is 17.8. The second-order valence-electron chi connectivity index (χ2n) is 5.59. The molecule has 0 aliphatic rings. The van der Waals surface area contributed by atoms with Crippen LogP contribution in [0.25, 0.3) is 0 Å². The Balaban J connectivity index is 0.00000484. The van der Waals surface area contributed by atoms with Crippen LogP contribution in [0.15, 0.2) is 22.5 Å². The van der Waals surface area contributed by atoms with Gasteiger partial charge < -0.3 is 15.4 Å². The fourth-order valence-corrected chi connectivity index (χ4v) is 2.94. The van der Waals surface area contributed by atoms with E-state index in [1.165, 1.54) is 11.3 Å². The summed E-state index contributed by atoms with van der Waals surface area (Å²) in [6.07, 6.45) is 4.47. The van der Waals surface area contributed by atoms with E-state index in [0.717, 1.165) is 51.5 Å². The lowest BCUT2D eigenvalue weighted by Gasteiger charge is -2.15. The summed E-state index contributed by atoms with van der Waals surface area (Å²) in [6, 6.07) is 4.32. The van der Waals surface area contributed by atoms with Gasteiger partial charge in [0.15, 0.2) is 5.96 Å². The molecular formula is C17H32IN3OS. The van der Waals surface area contributed by atoms with Crippen LogP contribution in [0.3, 0.4) is 0 Å². The summed E-state index contributed by atoms with van der Waals surface area (Å²) in [5.74, 6) is 1.47. The zero-order chi connectivity index (χ0) is 16.0. The van der Waals surface area contributed by atoms with E-state index in [1.54, 1.807) is 0 Å². The predicted octanol–water partition coefficient (Wildman–Crippen LogP) is 3.92. The van der Waals surface area contributed by atoms with Crippen molar-refractivity contribution in [2.45, 2.75) is 39.5 Å². The van der Waals surface area contributed by atoms with E-state index in [0.29, 0.717) is 5.92 Å². The molecule has 0 aromatic carbocycles. The molecule has 0 radical (unpaired) electrons. The summed E-state index contributed by atoms with van der Waals surface area (Å²) >= 11 is 1.83. The molecule has 0 aliphatic heterocycles. The van der Waals surface area contributed by atoms with E-state index in [2.05, 4.69) is 47.0 Å². The Labute approximate surface area is 162 Å². The lowest BCUT2D eigenvalue weighted by molar-refractivity contribution is 0.129. The van der Waals surface area contributed by atoms with Gasteiger partial charge in [0, 0.05) is 38.2 Å². The number of aliphatic imine (C=N–C) groups is 1. The highest BCUT2D eigenvalue weighted by Gasteiger charge is 2.05. The molecule has 0 amide bonds. The van der Waals surface area contributed by atoms with E-state index in [-0.39, 0.29) is 24.0 Å². The minimum Gasteiger partial charge on any atom is -0.381 e. The first-order valence-electron chi connectivity index (χ1n) is 8.30. The third kappa shape index (κ3) is 11.8. The van der Waals surface area contributed by atoms with Crippen molar-refractivity contribution >= 4 is 41.3 Å². The fourth-order valence-electron chi connectivity index (χ4n) is 2.07. The van der Waals surface area contributed by atoms with E-state index < -0.39 is 0 Å². The first kappa shape index (κ1) is 22.7. The molecule has 0 bridgehead atoms. The van der Waals surface area contributed by atoms with Crippen molar-refractivity contribution in [1.29, 1.82) is 0 Å². The van der Waals surface area contributed by atoms with Gasteiger partial charge in [-0.25, -0.2) is 0 Å². The molecule has 134 valence electrons. The van der Waals surface area contributed by atoms with Crippen molar-refractivity contribution in [2.75, 3.05) is 33.4 Å². The van der Waals surface area contributed by atoms with Crippen molar-refractivity contribution in [3.8, 4) is 0 Å². The monoisotopic (exact) mass is 453 g/mol. The molecule has 1 heterocycles. The highest BCUT2D eigenvalue weighted by Crippen LogP contribution is 2.13. The van der Waals surface area contributed by atoms with Crippen LogP contribution in [-0.2, 0) is 11.2 Å². The molecule has 6 heteroatoms. The zero-order valence-electron chi connectivity index (χ0n) is 14.6. The minimum absolute atomic E-state index is 0. The molecule has 0 fully saturated rings. The maximum atomic E-state index is 5.55. The van der Waals surface area contributed by atoms with Gasteiger partial charge in [-0.15, -0.1) is 35.3 Å². The standard InChI is InChI=1S/C17H31N3OS.HI/c1-4-5-10-21-11-7-9-19-17(18-3)20-14-15(2)13-16-8-6-12-22-16;/h6,8,12,15H,4-5,7,9-11,13-14H2,1-3H3,(H2,18,19,20);1H. The molecule has 1 aromatic heterocycles. The molecule has 2 N–H and O–H groups in total. The maximum absolute atomic E-state index is 5.55. The van der Waals surface area contributed by atoms with Gasteiger partial charge in [0.25, 0.3) is 0 Å². The molecular weight excluding hydrogens is 421 g/mol. The molecule has 1 aromatic rings. The number of hydrogen-bond acceptors (Lipinski definition) is 3. The van der Waals surface area contributed by atoms with Crippen LogP contribution in [-0.4, -0.2) is 39.3 Å². The Bertz CT molecular complexity index is 399. The van der Waals surface area contributed by atoms with E-state index in [1.807, 2.05) is 18.4 Å². The SMILES string of the molecule is CCCCOCCCNC(=NC)NCC(C)Cc1cccs1.I. The van der Waals surface area contributed by atoms with Crippen molar-refractivity contribution in [3.63, 3.8) is 0 Å². The van der Waals surface area contributed by atoms with Crippen molar-refractivity contribution in [2.24, 2.45) is 10.9 Å². The van der Waals surface area contributed by atoms with Crippen LogP contribution < -0.4 is 10.6 Å². The third-order valence-corrected chi connectivity index (χ3v) is 4.27. The van der Waals surface area contributed by atoms with Gasteiger partial charge in [-0.3, -0.25) is 4.99 Å². The normalized spacial score (nSPS) is 12.6. The van der Waals surface area contributed by atoms with Crippen molar-refractivity contribution in [1.82, 2.24) is 10.6 Å². The summed E-state index contributed by atoms with van der Waals surface area (Å²) in [4.78, 5) is 5.71. The molecule has 23 heavy (non-hydrogen) atoms. The van der Waals surface area contributed by atoms with E-state index >= 15 is 0 Å². The van der Waals surface area contributed by atoms with Crippen LogP contribution in [0.2, 0.25) is 0 Å². The molecule has 0 aliphatic carbocycles. The number of nitrogens with zero attached hydrogens (tertiary/aromatic N) is 1. The second kappa shape index (κ2) is 15.2. The minimum atomic E-state index is 0. The van der Waals surface area contributed by atoms with Crippen LogP contribution in [0.4, 0.5) is 0 Å². The van der Waals surface area contributed by atoms with Gasteiger partial charge in [0.2, 0.25) is 0 Å². The summed E-state index contributed by atoms with van der Waals surface area (Å²) in [7, 11) is 1.82. The third-order valence-electron chi connectivity index (χ3n) is 3.37. The first-order valence-corrected chi connectivity index (χ1v) is 9.18. The van der Waals surface area contributed by atoms with Crippen LogP contribution >= 0.6 is 35.3 Å². The number of rotatable bonds is 11. The smallest absolute Gasteiger partial charge is 0.190 e. The van der Waals surface area contributed by atoms with Gasteiger partial charge in [0.05, 0.1) is 0 Å². The molecule has 0 spiro atoms. The maximum Gasteiger partial charge on any atom is 0.190 e. The molecule has 0 saturated carbocycles. The summed E-state index contributed by atoms with van der Waals surface area (Å²) in [5, 5.41) is 8.87. The Hall–Kier alpha value is -0.340. The molecule has 1 atom stereocenters. The average Bonchev–Trinajstić information content (AvgIpc) is 3.02. The Morgan fingerprint density at radius 3 is 2.74 bits per heavy atom. The fraction of sp³-hybridized carbons (Fsp3) is 0.706. The predicted molar refractivity (Wildman–Crippen MR) is 112 cm³/mol. The molecule has 4 nitrogen and oxygen atoms in total. The number of thiophene rings is 1. The number of nitrogens with one attached hydrogen (secondary N) is 2. The second-order valence-corrected chi connectivity index (χ2v) is 6.62. The van der Waals surface area contributed by atoms with Crippen LogP contribution in [0.1, 0.15) is 38.0 Å². The Morgan fingerprint density at radius 1 is 1.30 bits per heavy atom. The van der Waals surface area contributed by atoms with Crippen molar-refractivity contribution < 1.29 is 4.74 Å². The first-order chi connectivity index (χ1) is 10.8. The number of unbranched alkanes of at least 4 members (excludes halogenated alkanes) is 1. The van der Waals surface area contributed by atoms with Gasteiger partial charge in [-0.05, 0) is 36.6 Å². The number of halogens is 1. The summed E-state index contributed by atoms with van der Waals surface area (Å²) < 4.78 is 5.55. The van der Waals surface area contributed by atoms with E-state index in [9.17, 15) is 0 Å². The largest absolute Gasteiger partial charge is 0.381 e. The lowest BCUT2D eigenvalue weighted by Crippen LogP contribution is -2.40. The topological polar surface area (TPSA) is 45.6 Å².